The molecule has 1 saturated carbocycles. The zero-order valence-electron chi connectivity index (χ0n) is 12.5. The van der Waals surface area contributed by atoms with Gasteiger partial charge in [0.1, 0.15) is 0 Å². The van der Waals surface area contributed by atoms with Crippen molar-refractivity contribution in [3.8, 4) is 0 Å². The number of halogens is 3. The van der Waals surface area contributed by atoms with E-state index in [1.54, 1.807) is 0 Å². The first-order valence-electron chi connectivity index (χ1n) is 7.47. The average molecular weight is 300 g/mol. The highest BCUT2D eigenvalue weighted by Gasteiger charge is 2.36. The van der Waals surface area contributed by atoms with Crippen LogP contribution in [-0.2, 0) is 0 Å². The second kappa shape index (κ2) is 6.79. The lowest BCUT2D eigenvalue weighted by atomic mass is 10.0. The average Bonchev–Trinajstić information content (AvgIpc) is 3.21. The molecule has 0 bridgehead atoms. The molecule has 0 saturated heterocycles. The molecule has 21 heavy (non-hydrogen) atoms. The SMILES string of the molecule is CC(C)N(CC(F)(F)F)C(CNC1CC1)c1ccccc1. The van der Waals surface area contributed by atoms with E-state index in [1.165, 1.54) is 4.90 Å². The topological polar surface area (TPSA) is 15.3 Å². The lowest BCUT2D eigenvalue weighted by Gasteiger charge is -2.36. The van der Waals surface area contributed by atoms with Gasteiger partial charge in [0.15, 0.2) is 0 Å². The summed E-state index contributed by atoms with van der Waals surface area (Å²) in [6.45, 7) is 3.32. The molecule has 118 valence electrons. The van der Waals surface area contributed by atoms with Crippen molar-refractivity contribution in [3.63, 3.8) is 0 Å². The number of rotatable bonds is 7. The van der Waals surface area contributed by atoms with Crippen molar-refractivity contribution >= 4 is 0 Å². The Bertz CT molecular complexity index is 427. The molecule has 1 aliphatic carbocycles. The van der Waals surface area contributed by atoms with Gasteiger partial charge in [-0.2, -0.15) is 13.2 Å². The maximum absolute atomic E-state index is 12.9. The highest BCUT2D eigenvalue weighted by molar-refractivity contribution is 5.20. The van der Waals surface area contributed by atoms with E-state index < -0.39 is 12.7 Å². The monoisotopic (exact) mass is 300 g/mol. The fourth-order valence-corrected chi connectivity index (χ4v) is 2.53. The van der Waals surface area contributed by atoms with Crippen molar-refractivity contribution in [1.82, 2.24) is 10.2 Å². The van der Waals surface area contributed by atoms with Crippen molar-refractivity contribution in [2.24, 2.45) is 0 Å². The normalized spacial score (nSPS) is 17.5. The summed E-state index contributed by atoms with van der Waals surface area (Å²) < 4.78 is 38.7. The van der Waals surface area contributed by atoms with Crippen LogP contribution in [-0.4, -0.2) is 36.2 Å². The van der Waals surface area contributed by atoms with Gasteiger partial charge in [-0.15, -0.1) is 0 Å². The summed E-state index contributed by atoms with van der Waals surface area (Å²) in [5.41, 5.74) is 0.934. The van der Waals surface area contributed by atoms with Crippen LogP contribution >= 0.6 is 0 Å². The largest absolute Gasteiger partial charge is 0.401 e. The molecule has 0 spiro atoms. The summed E-state index contributed by atoms with van der Waals surface area (Å²) in [6.07, 6.45) is -1.93. The van der Waals surface area contributed by atoms with Gasteiger partial charge in [0.25, 0.3) is 0 Å². The van der Waals surface area contributed by atoms with Crippen LogP contribution in [0.15, 0.2) is 30.3 Å². The van der Waals surface area contributed by atoms with Gasteiger partial charge >= 0.3 is 6.18 Å². The van der Waals surface area contributed by atoms with E-state index in [1.807, 2.05) is 44.2 Å². The minimum absolute atomic E-state index is 0.169. The van der Waals surface area contributed by atoms with Gasteiger partial charge in [-0.05, 0) is 32.3 Å². The van der Waals surface area contributed by atoms with Gasteiger partial charge in [-0.25, -0.2) is 0 Å². The van der Waals surface area contributed by atoms with Gasteiger partial charge in [0.2, 0.25) is 0 Å². The fraction of sp³-hybridized carbons (Fsp3) is 0.625. The Morgan fingerprint density at radius 1 is 1.19 bits per heavy atom. The Morgan fingerprint density at radius 2 is 1.81 bits per heavy atom. The van der Waals surface area contributed by atoms with E-state index in [0.29, 0.717) is 12.6 Å². The van der Waals surface area contributed by atoms with E-state index in [9.17, 15) is 13.2 Å². The quantitative estimate of drug-likeness (QED) is 0.825. The van der Waals surface area contributed by atoms with Crippen LogP contribution in [0.25, 0.3) is 0 Å². The zero-order chi connectivity index (χ0) is 15.5. The van der Waals surface area contributed by atoms with Crippen molar-refractivity contribution in [2.45, 2.75) is 51.0 Å². The molecule has 1 unspecified atom stereocenters. The molecule has 1 fully saturated rings. The summed E-state index contributed by atoms with van der Waals surface area (Å²) in [5, 5.41) is 3.37. The molecular formula is C16H23F3N2. The Labute approximate surface area is 124 Å². The van der Waals surface area contributed by atoms with Crippen LogP contribution in [0.1, 0.15) is 38.3 Å². The third-order valence-corrected chi connectivity index (χ3v) is 3.79. The summed E-state index contributed by atoms with van der Waals surface area (Å²) in [7, 11) is 0. The third-order valence-electron chi connectivity index (χ3n) is 3.79. The van der Waals surface area contributed by atoms with Crippen molar-refractivity contribution in [3.05, 3.63) is 35.9 Å². The van der Waals surface area contributed by atoms with Gasteiger partial charge in [-0.1, -0.05) is 30.3 Å². The van der Waals surface area contributed by atoms with Crippen molar-refractivity contribution in [1.29, 1.82) is 0 Å². The first-order chi connectivity index (χ1) is 9.87. The maximum atomic E-state index is 12.9. The zero-order valence-corrected chi connectivity index (χ0v) is 12.5. The summed E-state index contributed by atoms with van der Waals surface area (Å²) >= 11 is 0. The van der Waals surface area contributed by atoms with Gasteiger partial charge in [0, 0.05) is 24.7 Å². The lowest BCUT2D eigenvalue weighted by molar-refractivity contribution is -0.155. The van der Waals surface area contributed by atoms with E-state index in [2.05, 4.69) is 5.32 Å². The summed E-state index contributed by atoms with van der Waals surface area (Å²) in [6, 6.07) is 9.52. The Morgan fingerprint density at radius 3 is 2.29 bits per heavy atom. The Balaban J connectivity index is 2.17. The summed E-state index contributed by atoms with van der Waals surface area (Å²) in [5.74, 6) is 0. The molecule has 1 N–H and O–H groups in total. The number of nitrogens with one attached hydrogen (secondary N) is 1. The van der Waals surface area contributed by atoms with Crippen LogP contribution in [0.3, 0.4) is 0 Å². The van der Waals surface area contributed by atoms with E-state index in [4.69, 9.17) is 0 Å². The Kier molecular flexibility index (Phi) is 5.27. The molecule has 1 atom stereocenters. The molecule has 0 radical (unpaired) electrons. The molecular weight excluding hydrogens is 277 g/mol. The van der Waals surface area contributed by atoms with Crippen molar-refractivity contribution in [2.75, 3.05) is 13.1 Å². The minimum Gasteiger partial charge on any atom is -0.312 e. The first kappa shape index (κ1) is 16.3. The van der Waals surface area contributed by atoms with Crippen LogP contribution in [0.5, 0.6) is 0 Å². The van der Waals surface area contributed by atoms with Gasteiger partial charge < -0.3 is 5.32 Å². The van der Waals surface area contributed by atoms with Crippen LogP contribution in [0, 0.1) is 0 Å². The van der Waals surface area contributed by atoms with Gasteiger partial charge in [-0.3, -0.25) is 4.90 Å². The highest BCUT2D eigenvalue weighted by Crippen LogP contribution is 2.28. The standard InChI is InChI=1S/C16H23F3N2/c1-12(2)21(11-16(17,18)19)15(10-20-14-8-9-14)13-6-4-3-5-7-13/h3-7,12,14-15,20H,8-11H2,1-2H3. The molecule has 1 aliphatic rings. The van der Waals surface area contributed by atoms with Gasteiger partial charge in [0.05, 0.1) is 6.54 Å². The molecule has 1 aromatic rings. The van der Waals surface area contributed by atoms with E-state index in [-0.39, 0.29) is 12.1 Å². The molecule has 2 rings (SSSR count). The fourth-order valence-electron chi connectivity index (χ4n) is 2.53. The Hall–Kier alpha value is -1.07. The minimum atomic E-state index is -4.18. The molecule has 5 heteroatoms. The number of hydrogen-bond donors (Lipinski definition) is 1. The number of hydrogen-bond acceptors (Lipinski definition) is 2. The van der Waals surface area contributed by atoms with E-state index in [0.717, 1.165) is 18.4 Å². The molecule has 0 amide bonds. The van der Waals surface area contributed by atoms with Crippen LogP contribution in [0.2, 0.25) is 0 Å². The number of alkyl halides is 3. The molecule has 0 aromatic heterocycles. The van der Waals surface area contributed by atoms with Crippen LogP contribution in [0.4, 0.5) is 13.2 Å². The molecule has 0 heterocycles. The third kappa shape index (κ3) is 5.32. The smallest absolute Gasteiger partial charge is 0.312 e. The number of benzene rings is 1. The second-order valence-electron chi connectivity index (χ2n) is 5.99. The predicted molar refractivity (Wildman–Crippen MR) is 78.1 cm³/mol. The predicted octanol–water partition coefficient (Wildman–Crippen LogP) is 3.75. The molecule has 1 aromatic carbocycles. The lowest BCUT2D eigenvalue weighted by Crippen LogP contribution is -2.45. The maximum Gasteiger partial charge on any atom is 0.401 e. The van der Waals surface area contributed by atoms with E-state index >= 15 is 0 Å². The first-order valence-corrected chi connectivity index (χ1v) is 7.47. The van der Waals surface area contributed by atoms with Crippen LogP contribution < -0.4 is 5.32 Å². The summed E-state index contributed by atoms with van der Waals surface area (Å²) in [4.78, 5) is 1.53. The molecule has 2 nitrogen and oxygen atoms in total. The van der Waals surface area contributed by atoms with Crippen molar-refractivity contribution < 1.29 is 13.2 Å². The molecule has 0 aliphatic heterocycles. The number of nitrogens with zero attached hydrogens (tertiary/aromatic N) is 1. The highest BCUT2D eigenvalue weighted by atomic mass is 19.4. The second-order valence-corrected chi connectivity index (χ2v) is 5.99.